The molecule has 1 aromatic rings. The second-order valence-electron chi connectivity index (χ2n) is 10.0. The van der Waals surface area contributed by atoms with Gasteiger partial charge < -0.3 is 10.2 Å². The zero-order chi connectivity index (χ0) is 22.6. The average molecular weight is 419 g/mol. The van der Waals surface area contributed by atoms with Crippen LogP contribution >= 0.6 is 0 Å². The number of carboxylic acid groups (broad SMARTS) is 2. The average Bonchev–Trinajstić information content (AvgIpc) is 2.67. The van der Waals surface area contributed by atoms with Crippen LogP contribution in [0.1, 0.15) is 103 Å². The van der Waals surface area contributed by atoms with E-state index in [1.807, 2.05) is 0 Å². The van der Waals surface area contributed by atoms with Crippen LogP contribution < -0.4 is 0 Å². The van der Waals surface area contributed by atoms with Crippen LogP contribution in [0.5, 0.6) is 0 Å². The van der Waals surface area contributed by atoms with Crippen molar-refractivity contribution in [3.05, 3.63) is 35.4 Å². The number of hydrogen-bond acceptors (Lipinski definition) is 2. The van der Waals surface area contributed by atoms with Crippen LogP contribution in [0, 0.1) is 10.8 Å². The van der Waals surface area contributed by atoms with E-state index in [1.165, 1.54) is 11.1 Å². The lowest BCUT2D eigenvalue weighted by molar-refractivity contribution is -0.148. The first-order chi connectivity index (χ1) is 14.0. The molecule has 0 radical (unpaired) electrons. The lowest BCUT2D eigenvalue weighted by Gasteiger charge is -2.18. The Morgan fingerprint density at radius 2 is 1.03 bits per heavy atom. The SMILES string of the molecule is CC(C)(CCCCCCc1cccc(CCCCCCC(C)(C)C(=O)O)c1)C(=O)O. The summed E-state index contributed by atoms with van der Waals surface area (Å²) >= 11 is 0. The molecule has 0 saturated heterocycles. The van der Waals surface area contributed by atoms with Gasteiger partial charge in [-0.15, -0.1) is 0 Å². The van der Waals surface area contributed by atoms with Crippen molar-refractivity contribution in [2.75, 3.05) is 0 Å². The minimum Gasteiger partial charge on any atom is -0.481 e. The Morgan fingerprint density at radius 1 is 0.667 bits per heavy atom. The van der Waals surface area contributed by atoms with E-state index < -0.39 is 22.8 Å². The molecule has 0 aliphatic carbocycles. The molecule has 0 aliphatic heterocycles. The van der Waals surface area contributed by atoms with E-state index in [0.717, 1.165) is 77.0 Å². The van der Waals surface area contributed by atoms with Crippen LogP contribution in [0.25, 0.3) is 0 Å². The van der Waals surface area contributed by atoms with E-state index >= 15 is 0 Å². The molecule has 2 N–H and O–H groups in total. The maximum atomic E-state index is 11.1. The lowest BCUT2D eigenvalue weighted by atomic mass is 9.87. The summed E-state index contributed by atoms with van der Waals surface area (Å²) in [5, 5.41) is 18.3. The van der Waals surface area contributed by atoms with E-state index in [0.29, 0.717) is 0 Å². The number of aliphatic carboxylic acids is 2. The standard InChI is InChI=1S/C26H42O4/c1-25(2,23(27)28)18-11-7-5-9-14-21-16-13-17-22(20-21)15-10-6-8-12-19-26(3,4)24(29)30/h13,16-17,20H,5-12,14-15,18-19H2,1-4H3,(H,27,28)(H,29,30). The molecule has 1 rings (SSSR count). The van der Waals surface area contributed by atoms with Gasteiger partial charge in [0.25, 0.3) is 0 Å². The van der Waals surface area contributed by atoms with Crippen LogP contribution in [0.2, 0.25) is 0 Å². The Hall–Kier alpha value is -1.84. The van der Waals surface area contributed by atoms with Crippen LogP contribution in [-0.4, -0.2) is 22.2 Å². The minimum absolute atomic E-state index is 0.610. The highest BCUT2D eigenvalue weighted by atomic mass is 16.4. The molecule has 0 amide bonds. The number of aryl methyl sites for hydroxylation is 2. The maximum absolute atomic E-state index is 11.1. The molecule has 0 heterocycles. The largest absolute Gasteiger partial charge is 0.481 e. The van der Waals surface area contributed by atoms with Crippen molar-refractivity contribution in [1.82, 2.24) is 0 Å². The summed E-state index contributed by atoms with van der Waals surface area (Å²) in [6.07, 6.45) is 12.4. The molecule has 0 aliphatic rings. The molecule has 1 aromatic carbocycles. The number of carboxylic acids is 2. The number of benzene rings is 1. The zero-order valence-electron chi connectivity index (χ0n) is 19.5. The van der Waals surface area contributed by atoms with Gasteiger partial charge in [-0.1, -0.05) is 62.8 Å². The smallest absolute Gasteiger partial charge is 0.309 e. The molecule has 0 atom stereocenters. The predicted molar refractivity (Wildman–Crippen MR) is 123 cm³/mol. The molecule has 0 saturated carbocycles. The first-order valence-corrected chi connectivity index (χ1v) is 11.6. The summed E-state index contributed by atoms with van der Waals surface area (Å²) in [6.45, 7) is 7.21. The van der Waals surface area contributed by atoms with Gasteiger partial charge in [0.15, 0.2) is 0 Å². The van der Waals surface area contributed by atoms with Gasteiger partial charge in [0.2, 0.25) is 0 Å². The zero-order valence-corrected chi connectivity index (χ0v) is 19.5. The Kier molecular flexibility index (Phi) is 11.1. The number of unbranched alkanes of at least 4 members (excludes halogenated alkanes) is 6. The fraction of sp³-hybridized carbons (Fsp3) is 0.692. The van der Waals surface area contributed by atoms with E-state index in [1.54, 1.807) is 27.7 Å². The third-order valence-corrected chi connectivity index (χ3v) is 6.18. The monoisotopic (exact) mass is 418 g/mol. The summed E-state index contributed by atoms with van der Waals surface area (Å²) in [7, 11) is 0. The second-order valence-corrected chi connectivity index (χ2v) is 10.0. The highest BCUT2D eigenvalue weighted by molar-refractivity contribution is 5.73. The molecule has 170 valence electrons. The predicted octanol–water partition coefficient (Wildman–Crippen LogP) is 6.89. The lowest BCUT2D eigenvalue weighted by Crippen LogP contribution is -2.23. The van der Waals surface area contributed by atoms with Gasteiger partial charge in [-0.25, -0.2) is 0 Å². The Labute approximate surface area is 183 Å². The fourth-order valence-corrected chi connectivity index (χ4v) is 3.65. The first-order valence-electron chi connectivity index (χ1n) is 11.6. The summed E-state index contributed by atoms with van der Waals surface area (Å²) in [5.41, 5.74) is 1.56. The molecular formula is C26H42O4. The number of rotatable bonds is 16. The number of hydrogen-bond donors (Lipinski definition) is 2. The van der Waals surface area contributed by atoms with Gasteiger partial charge >= 0.3 is 11.9 Å². The van der Waals surface area contributed by atoms with Gasteiger partial charge in [0.05, 0.1) is 10.8 Å². The highest BCUT2D eigenvalue weighted by Crippen LogP contribution is 2.25. The number of carbonyl (C=O) groups is 2. The van der Waals surface area contributed by atoms with Crippen LogP contribution in [-0.2, 0) is 22.4 Å². The summed E-state index contributed by atoms with van der Waals surface area (Å²) in [4.78, 5) is 22.3. The molecule has 0 bridgehead atoms. The summed E-state index contributed by atoms with van der Waals surface area (Å²) < 4.78 is 0. The normalized spacial score (nSPS) is 12.1. The highest BCUT2D eigenvalue weighted by Gasteiger charge is 2.26. The van der Waals surface area contributed by atoms with E-state index in [-0.39, 0.29) is 0 Å². The summed E-state index contributed by atoms with van der Waals surface area (Å²) in [5.74, 6) is -1.41. The Morgan fingerprint density at radius 3 is 1.40 bits per heavy atom. The molecule has 0 aromatic heterocycles. The van der Waals surface area contributed by atoms with E-state index in [9.17, 15) is 9.59 Å². The molecule has 4 heteroatoms. The van der Waals surface area contributed by atoms with Gasteiger partial charge in [-0.2, -0.15) is 0 Å². The quantitative estimate of drug-likeness (QED) is 0.286. The minimum atomic E-state index is -0.705. The molecule has 4 nitrogen and oxygen atoms in total. The van der Waals surface area contributed by atoms with Gasteiger partial charge in [0, 0.05) is 0 Å². The topological polar surface area (TPSA) is 74.6 Å². The fourth-order valence-electron chi connectivity index (χ4n) is 3.65. The van der Waals surface area contributed by atoms with Crippen molar-refractivity contribution in [3.63, 3.8) is 0 Å². The Balaban J connectivity index is 2.19. The Bertz CT molecular complexity index is 608. The van der Waals surface area contributed by atoms with Crippen molar-refractivity contribution >= 4 is 11.9 Å². The molecule has 30 heavy (non-hydrogen) atoms. The summed E-state index contributed by atoms with van der Waals surface area (Å²) in [6, 6.07) is 8.87. The molecule has 0 spiro atoms. The van der Waals surface area contributed by atoms with E-state index in [2.05, 4.69) is 24.3 Å². The van der Waals surface area contributed by atoms with E-state index in [4.69, 9.17) is 10.2 Å². The van der Waals surface area contributed by atoms with Crippen LogP contribution in [0.15, 0.2) is 24.3 Å². The molecule has 0 fully saturated rings. The van der Waals surface area contributed by atoms with Gasteiger partial charge in [0.1, 0.15) is 0 Å². The third kappa shape index (κ3) is 10.3. The van der Waals surface area contributed by atoms with Crippen molar-refractivity contribution < 1.29 is 19.8 Å². The molecule has 0 unspecified atom stereocenters. The molecular weight excluding hydrogens is 376 g/mol. The van der Waals surface area contributed by atoms with Crippen molar-refractivity contribution in [1.29, 1.82) is 0 Å². The first kappa shape index (κ1) is 26.2. The van der Waals surface area contributed by atoms with Gasteiger partial charge in [-0.3, -0.25) is 9.59 Å². The van der Waals surface area contributed by atoms with Crippen LogP contribution in [0.3, 0.4) is 0 Å². The second kappa shape index (κ2) is 12.8. The van der Waals surface area contributed by atoms with Crippen molar-refractivity contribution in [3.8, 4) is 0 Å². The van der Waals surface area contributed by atoms with Crippen molar-refractivity contribution in [2.45, 2.75) is 105 Å². The maximum Gasteiger partial charge on any atom is 0.309 e. The van der Waals surface area contributed by atoms with Gasteiger partial charge in [-0.05, 0) is 77.3 Å². The third-order valence-electron chi connectivity index (χ3n) is 6.18. The van der Waals surface area contributed by atoms with Crippen molar-refractivity contribution in [2.24, 2.45) is 10.8 Å². The van der Waals surface area contributed by atoms with Crippen LogP contribution in [0.4, 0.5) is 0 Å².